The fourth-order valence-corrected chi connectivity index (χ4v) is 1.48. The zero-order valence-corrected chi connectivity index (χ0v) is 7.53. The van der Waals surface area contributed by atoms with Gasteiger partial charge in [0.2, 0.25) is 0 Å². The fraction of sp³-hybridized carbons (Fsp3) is 0.500. The number of carbonyl (C=O) groups is 1. The molecule has 0 saturated carbocycles. The van der Waals surface area contributed by atoms with E-state index in [2.05, 4.69) is 0 Å². The lowest BCUT2D eigenvalue weighted by molar-refractivity contribution is -0.124. The molecule has 0 radical (unpaired) electrons. The molecule has 1 heterocycles. The maximum absolute atomic E-state index is 11.0. The molecule has 1 aliphatic heterocycles. The molecule has 0 N–H and O–H groups in total. The van der Waals surface area contributed by atoms with Crippen molar-refractivity contribution in [2.75, 3.05) is 13.2 Å². The molecule has 2 unspecified atom stereocenters. The van der Waals surface area contributed by atoms with E-state index in [0.717, 1.165) is 5.57 Å². The number of ether oxygens (including phenoxy) is 2. The van der Waals surface area contributed by atoms with Gasteiger partial charge in [0, 0.05) is 0 Å². The van der Waals surface area contributed by atoms with E-state index in [1.54, 1.807) is 0 Å². The number of carbonyl (C=O) groups excluding carboxylic acids is 1. The van der Waals surface area contributed by atoms with Crippen molar-refractivity contribution < 1.29 is 14.3 Å². The summed E-state index contributed by atoms with van der Waals surface area (Å²) in [4.78, 5) is 11.0. The van der Waals surface area contributed by atoms with Gasteiger partial charge < -0.3 is 9.47 Å². The van der Waals surface area contributed by atoms with Crippen LogP contribution in [-0.4, -0.2) is 31.2 Å². The van der Waals surface area contributed by atoms with Gasteiger partial charge in [-0.3, -0.25) is 4.79 Å². The van der Waals surface area contributed by atoms with Gasteiger partial charge in [-0.15, -0.1) is 0 Å². The minimum Gasteiger partial charge on any atom is -0.363 e. The minimum atomic E-state index is -0.0878. The SMILES string of the molecule is CC1=CC2OCC(=O)COC2C=C1. The highest BCUT2D eigenvalue weighted by atomic mass is 16.6. The van der Waals surface area contributed by atoms with Crippen LogP contribution < -0.4 is 0 Å². The average Bonchev–Trinajstić information content (AvgIpc) is 2.29. The summed E-state index contributed by atoms with van der Waals surface area (Å²) < 4.78 is 10.7. The van der Waals surface area contributed by atoms with Crippen LogP contribution in [-0.2, 0) is 14.3 Å². The second-order valence-electron chi connectivity index (χ2n) is 3.36. The molecule has 2 aliphatic rings. The molecule has 0 bridgehead atoms. The van der Waals surface area contributed by atoms with Crippen LogP contribution in [0.25, 0.3) is 0 Å². The summed E-state index contributed by atoms with van der Waals surface area (Å²) in [7, 11) is 0. The Morgan fingerprint density at radius 2 is 2.00 bits per heavy atom. The van der Waals surface area contributed by atoms with Gasteiger partial charge in [0.15, 0.2) is 5.78 Å². The van der Waals surface area contributed by atoms with Crippen LogP contribution in [0.1, 0.15) is 6.92 Å². The molecule has 13 heavy (non-hydrogen) atoms. The van der Waals surface area contributed by atoms with Gasteiger partial charge in [0.25, 0.3) is 0 Å². The van der Waals surface area contributed by atoms with Gasteiger partial charge in [0.05, 0.1) is 0 Å². The zero-order chi connectivity index (χ0) is 9.26. The van der Waals surface area contributed by atoms with E-state index in [1.165, 1.54) is 0 Å². The van der Waals surface area contributed by atoms with Crippen molar-refractivity contribution in [1.29, 1.82) is 0 Å². The Kier molecular flexibility index (Phi) is 2.29. The molecule has 2 atom stereocenters. The van der Waals surface area contributed by atoms with Crippen LogP contribution in [0.3, 0.4) is 0 Å². The topological polar surface area (TPSA) is 35.5 Å². The summed E-state index contributed by atoms with van der Waals surface area (Å²) in [5.41, 5.74) is 1.15. The molecule has 0 aromatic rings. The van der Waals surface area contributed by atoms with Crippen molar-refractivity contribution in [3.8, 4) is 0 Å². The van der Waals surface area contributed by atoms with E-state index in [4.69, 9.17) is 9.47 Å². The number of hydrogen-bond donors (Lipinski definition) is 0. The van der Waals surface area contributed by atoms with Crippen molar-refractivity contribution >= 4 is 5.78 Å². The number of fused-ring (bicyclic) bond motifs is 1. The standard InChI is InChI=1S/C10H12O3/c1-7-2-3-9-10(4-7)13-6-8(11)5-12-9/h2-4,9-10H,5-6H2,1H3. The average molecular weight is 180 g/mol. The molecule has 2 rings (SSSR count). The molecule has 1 fully saturated rings. The maximum Gasteiger partial charge on any atom is 0.184 e. The molecule has 3 heteroatoms. The second-order valence-corrected chi connectivity index (χ2v) is 3.36. The fourth-order valence-electron chi connectivity index (χ4n) is 1.48. The van der Waals surface area contributed by atoms with Crippen LogP contribution in [0.2, 0.25) is 0 Å². The van der Waals surface area contributed by atoms with Crippen molar-refractivity contribution in [3.63, 3.8) is 0 Å². The normalized spacial score (nSPS) is 33.6. The quantitative estimate of drug-likeness (QED) is 0.554. The molecule has 1 saturated heterocycles. The van der Waals surface area contributed by atoms with Crippen molar-refractivity contribution in [1.82, 2.24) is 0 Å². The van der Waals surface area contributed by atoms with E-state index in [1.807, 2.05) is 25.2 Å². The number of ketones is 1. The third-order valence-electron chi connectivity index (χ3n) is 2.17. The van der Waals surface area contributed by atoms with Crippen molar-refractivity contribution in [2.24, 2.45) is 0 Å². The molecule has 0 amide bonds. The van der Waals surface area contributed by atoms with Gasteiger partial charge in [-0.1, -0.05) is 23.8 Å². The van der Waals surface area contributed by atoms with Gasteiger partial charge in [-0.2, -0.15) is 0 Å². The molecule has 1 aliphatic carbocycles. The number of rotatable bonds is 0. The lowest BCUT2D eigenvalue weighted by atomic mass is 10.0. The van der Waals surface area contributed by atoms with Crippen molar-refractivity contribution in [3.05, 3.63) is 23.8 Å². The minimum absolute atomic E-state index is 0.00820. The molecular weight excluding hydrogens is 168 g/mol. The smallest absolute Gasteiger partial charge is 0.184 e. The third-order valence-corrected chi connectivity index (χ3v) is 2.17. The summed E-state index contributed by atoms with van der Waals surface area (Å²) in [6.45, 7) is 2.33. The molecule has 3 nitrogen and oxygen atoms in total. The Hall–Kier alpha value is -0.930. The zero-order valence-electron chi connectivity index (χ0n) is 7.53. The third kappa shape index (κ3) is 1.87. The van der Waals surface area contributed by atoms with Crippen LogP contribution >= 0.6 is 0 Å². The molecule has 0 spiro atoms. The van der Waals surface area contributed by atoms with E-state index in [-0.39, 0.29) is 31.2 Å². The summed E-state index contributed by atoms with van der Waals surface area (Å²) in [6, 6.07) is 0. The first-order valence-corrected chi connectivity index (χ1v) is 4.37. The predicted octanol–water partition coefficient (Wildman–Crippen LogP) is 0.856. The van der Waals surface area contributed by atoms with E-state index in [9.17, 15) is 4.79 Å². The summed E-state index contributed by atoms with van der Waals surface area (Å²) in [5.74, 6) is 0.00820. The van der Waals surface area contributed by atoms with Gasteiger partial charge in [-0.25, -0.2) is 0 Å². The summed E-state index contributed by atoms with van der Waals surface area (Å²) >= 11 is 0. The van der Waals surface area contributed by atoms with Gasteiger partial charge >= 0.3 is 0 Å². The second kappa shape index (κ2) is 3.44. The Morgan fingerprint density at radius 1 is 1.31 bits per heavy atom. The molecule has 0 aromatic heterocycles. The van der Waals surface area contributed by atoms with Gasteiger partial charge in [-0.05, 0) is 6.92 Å². The lowest BCUT2D eigenvalue weighted by Gasteiger charge is -2.21. The lowest BCUT2D eigenvalue weighted by Crippen LogP contribution is -2.28. The predicted molar refractivity (Wildman–Crippen MR) is 47.4 cm³/mol. The van der Waals surface area contributed by atoms with Gasteiger partial charge in [0.1, 0.15) is 25.4 Å². The Bertz CT molecular complexity index is 278. The number of Topliss-reactive ketones (excluding diaryl/α,β-unsaturated/α-hetero) is 1. The van der Waals surface area contributed by atoms with Crippen LogP contribution in [0.5, 0.6) is 0 Å². The highest BCUT2D eigenvalue weighted by molar-refractivity contribution is 5.81. The summed E-state index contributed by atoms with van der Waals surface area (Å²) in [5, 5.41) is 0. The number of allylic oxidation sites excluding steroid dienone is 2. The Balaban J connectivity index is 2.13. The van der Waals surface area contributed by atoms with E-state index < -0.39 is 0 Å². The first-order valence-electron chi connectivity index (χ1n) is 4.37. The van der Waals surface area contributed by atoms with E-state index >= 15 is 0 Å². The van der Waals surface area contributed by atoms with Crippen LogP contribution in [0.4, 0.5) is 0 Å². The van der Waals surface area contributed by atoms with E-state index in [0.29, 0.717) is 0 Å². The largest absolute Gasteiger partial charge is 0.363 e. The summed E-state index contributed by atoms with van der Waals surface area (Å²) in [6.07, 6.45) is 5.74. The number of hydrogen-bond acceptors (Lipinski definition) is 3. The first-order chi connectivity index (χ1) is 6.25. The van der Waals surface area contributed by atoms with Crippen LogP contribution in [0, 0.1) is 0 Å². The Labute approximate surface area is 77.0 Å². The molecular formula is C10H12O3. The molecule has 0 aromatic carbocycles. The molecule has 70 valence electrons. The van der Waals surface area contributed by atoms with Crippen molar-refractivity contribution in [2.45, 2.75) is 19.1 Å². The monoisotopic (exact) mass is 180 g/mol. The first kappa shape index (κ1) is 8.66. The maximum atomic E-state index is 11.0. The highest BCUT2D eigenvalue weighted by Crippen LogP contribution is 2.18. The highest BCUT2D eigenvalue weighted by Gasteiger charge is 2.26. The Morgan fingerprint density at radius 3 is 2.77 bits per heavy atom. The van der Waals surface area contributed by atoms with Crippen LogP contribution in [0.15, 0.2) is 23.8 Å².